The van der Waals surface area contributed by atoms with Gasteiger partial charge >= 0.3 is 0 Å². The summed E-state index contributed by atoms with van der Waals surface area (Å²) >= 11 is 1.54. The number of hydrogen-bond donors (Lipinski definition) is 1. The van der Waals surface area contributed by atoms with Gasteiger partial charge in [-0.3, -0.25) is 4.79 Å². The fraction of sp³-hybridized carbons (Fsp3) is 0.267. The molecule has 0 aliphatic rings. The number of hydrogen-bond acceptors (Lipinski definition) is 7. The van der Waals surface area contributed by atoms with Gasteiger partial charge in [0.05, 0.1) is 11.4 Å². The van der Waals surface area contributed by atoms with E-state index in [1.165, 1.54) is 32.3 Å². The van der Waals surface area contributed by atoms with E-state index in [9.17, 15) is 13.2 Å². The molecule has 1 aromatic carbocycles. The third-order valence-corrected chi connectivity index (χ3v) is 6.21. The minimum absolute atomic E-state index is 0.0873. The maximum atomic E-state index is 12.2. The van der Waals surface area contributed by atoms with Gasteiger partial charge < -0.3 is 10.2 Å². The van der Waals surface area contributed by atoms with E-state index in [2.05, 4.69) is 15.6 Å². The Labute approximate surface area is 154 Å². The van der Waals surface area contributed by atoms with Gasteiger partial charge in [0, 0.05) is 19.0 Å². The number of nitrogens with zero attached hydrogens (tertiary/aromatic N) is 4. The second kappa shape index (κ2) is 7.40. The van der Waals surface area contributed by atoms with Crippen LogP contribution >= 0.6 is 11.3 Å². The average molecular weight is 395 g/mol. The number of rotatable bonds is 7. The molecule has 2 aromatic heterocycles. The van der Waals surface area contributed by atoms with E-state index in [-0.39, 0.29) is 17.4 Å². The van der Waals surface area contributed by atoms with Crippen LogP contribution in [0.3, 0.4) is 0 Å². The Morgan fingerprint density at radius 2 is 2.15 bits per heavy atom. The fourth-order valence-electron chi connectivity index (χ4n) is 2.11. The highest BCUT2D eigenvalue weighted by Gasteiger charge is 2.19. The molecule has 9 nitrogen and oxygen atoms in total. The van der Waals surface area contributed by atoms with Crippen molar-refractivity contribution in [3.05, 3.63) is 40.6 Å². The molecule has 0 aliphatic heterocycles. The number of sulfonamides is 1. The highest BCUT2D eigenvalue weighted by Crippen LogP contribution is 2.18. The monoisotopic (exact) mass is 395 g/mol. The minimum Gasteiger partial charge on any atom is -0.385 e. The Morgan fingerprint density at radius 3 is 2.85 bits per heavy atom. The Bertz CT molecular complexity index is 1010. The molecule has 1 amide bonds. The van der Waals surface area contributed by atoms with E-state index in [4.69, 9.17) is 4.84 Å². The van der Waals surface area contributed by atoms with Crippen LogP contribution in [0.15, 0.2) is 40.6 Å². The molecule has 2 heterocycles. The number of aromatic nitrogens is 3. The molecule has 3 aromatic rings. The summed E-state index contributed by atoms with van der Waals surface area (Å²) in [4.78, 5) is 19.4. The molecule has 0 saturated heterocycles. The number of thiophene rings is 1. The zero-order valence-electron chi connectivity index (χ0n) is 14.1. The van der Waals surface area contributed by atoms with E-state index in [0.717, 1.165) is 14.0 Å². The van der Waals surface area contributed by atoms with Crippen molar-refractivity contribution in [3.63, 3.8) is 0 Å². The van der Waals surface area contributed by atoms with Crippen molar-refractivity contribution >= 4 is 38.3 Å². The zero-order valence-corrected chi connectivity index (χ0v) is 15.7. The minimum atomic E-state index is -3.60. The van der Waals surface area contributed by atoms with Gasteiger partial charge in [-0.1, -0.05) is 10.9 Å². The van der Waals surface area contributed by atoms with Gasteiger partial charge in [0.1, 0.15) is 11.0 Å². The van der Waals surface area contributed by atoms with Gasteiger partial charge in [0.15, 0.2) is 6.61 Å². The summed E-state index contributed by atoms with van der Waals surface area (Å²) in [5.74, 6) is -0.320. The lowest BCUT2D eigenvalue weighted by Gasteiger charge is -2.11. The highest BCUT2D eigenvalue weighted by atomic mass is 32.2. The molecule has 1 N–H and O–H groups in total. The van der Waals surface area contributed by atoms with Gasteiger partial charge in [-0.25, -0.2) is 12.7 Å². The Balaban J connectivity index is 1.71. The lowest BCUT2D eigenvalue weighted by Crippen LogP contribution is -2.31. The van der Waals surface area contributed by atoms with Gasteiger partial charge in [0.25, 0.3) is 5.91 Å². The molecular weight excluding hydrogens is 378 g/mol. The van der Waals surface area contributed by atoms with Crippen LogP contribution in [0.25, 0.3) is 11.0 Å². The van der Waals surface area contributed by atoms with Crippen molar-refractivity contribution in [2.75, 3.05) is 20.7 Å². The molecule has 0 fully saturated rings. The van der Waals surface area contributed by atoms with Crippen molar-refractivity contribution in [2.24, 2.45) is 0 Å². The Morgan fingerprint density at radius 1 is 1.35 bits per heavy atom. The predicted molar refractivity (Wildman–Crippen MR) is 96.0 cm³/mol. The van der Waals surface area contributed by atoms with Crippen LogP contribution in [-0.2, 0) is 21.4 Å². The standard InChI is InChI=1S/C15H17N5O4S2/c1-19(2)26(22,23)12-5-6-13-14(8-12)20(18-17-13)24-10-15(21)16-9-11-4-3-7-25-11/h3-8H,9-10H2,1-2H3,(H,16,21). The summed E-state index contributed by atoms with van der Waals surface area (Å²) in [6.45, 7) is 0.150. The first-order valence-electron chi connectivity index (χ1n) is 7.58. The molecule has 3 rings (SSSR count). The third-order valence-electron chi connectivity index (χ3n) is 3.52. The summed E-state index contributed by atoms with van der Waals surface area (Å²) in [6.07, 6.45) is 0. The molecule has 0 aliphatic carbocycles. The van der Waals surface area contributed by atoms with Crippen LogP contribution in [-0.4, -0.2) is 54.5 Å². The van der Waals surface area contributed by atoms with Crippen LogP contribution in [0.1, 0.15) is 4.88 Å². The Hall–Kier alpha value is -2.50. The topological polar surface area (TPSA) is 106 Å². The number of amides is 1. The normalized spacial score (nSPS) is 11.8. The van der Waals surface area contributed by atoms with Crippen LogP contribution in [0, 0.1) is 0 Å². The van der Waals surface area contributed by atoms with E-state index in [1.54, 1.807) is 11.3 Å². The van der Waals surface area contributed by atoms with Crippen LogP contribution in [0.5, 0.6) is 0 Å². The van der Waals surface area contributed by atoms with Crippen molar-refractivity contribution < 1.29 is 18.0 Å². The first kappa shape index (κ1) is 18.3. The molecule has 11 heteroatoms. The molecule has 0 atom stereocenters. The Kier molecular flexibility index (Phi) is 5.20. The average Bonchev–Trinajstić information content (AvgIpc) is 3.27. The van der Waals surface area contributed by atoms with Crippen molar-refractivity contribution in [1.29, 1.82) is 0 Å². The number of carbonyl (C=O) groups excluding carboxylic acids is 1. The molecule has 0 radical (unpaired) electrons. The van der Waals surface area contributed by atoms with Crippen LogP contribution < -0.4 is 10.2 Å². The van der Waals surface area contributed by atoms with E-state index in [0.29, 0.717) is 17.6 Å². The highest BCUT2D eigenvalue weighted by molar-refractivity contribution is 7.89. The molecule has 26 heavy (non-hydrogen) atoms. The summed E-state index contributed by atoms with van der Waals surface area (Å²) in [5, 5.41) is 12.4. The van der Waals surface area contributed by atoms with Crippen LogP contribution in [0.4, 0.5) is 0 Å². The first-order valence-corrected chi connectivity index (χ1v) is 9.90. The second-order valence-electron chi connectivity index (χ2n) is 5.53. The molecule has 0 saturated carbocycles. The van der Waals surface area contributed by atoms with E-state index < -0.39 is 10.0 Å². The van der Waals surface area contributed by atoms with Crippen molar-refractivity contribution in [1.82, 2.24) is 24.8 Å². The van der Waals surface area contributed by atoms with E-state index in [1.807, 2.05) is 17.5 Å². The molecule has 0 bridgehead atoms. The van der Waals surface area contributed by atoms with Gasteiger partial charge in [-0.2, -0.15) is 0 Å². The third kappa shape index (κ3) is 3.84. The maximum Gasteiger partial charge on any atom is 0.261 e. The predicted octanol–water partition coefficient (Wildman–Crippen LogP) is 0.488. The van der Waals surface area contributed by atoms with Gasteiger partial charge in [0.2, 0.25) is 10.0 Å². The fourth-order valence-corrected chi connectivity index (χ4v) is 3.68. The second-order valence-corrected chi connectivity index (χ2v) is 8.71. The number of benzene rings is 1. The zero-order chi connectivity index (χ0) is 18.7. The summed E-state index contributed by atoms with van der Waals surface area (Å²) in [7, 11) is -0.701. The molecular formula is C15H17N5O4S2. The first-order chi connectivity index (χ1) is 12.4. The summed E-state index contributed by atoms with van der Waals surface area (Å²) < 4.78 is 25.6. The largest absolute Gasteiger partial charge is 0.385 e. The number of fused-ring (bicyclic) bond motifs is 1. The smallest absolute Gasteiger partial charge is 0.261 e. The summed E-state index contributed by atoms with van der Waals surface area (Å²) in [5.41, 5.74) is 0.820. The van der Waals surface area contributed by atoms with Crippen molar-refractivity contribution in [2.45, 2.75) is 11.4 Å². The molecule has 0 unspecified atom stereocenters. The number of nitrogens with one attached hydrogen (secondary N) is 1. The molecule has 138 valence electrons. The lowest BCUT2D eigenvalue weighted by atomic mass is 10.3. The van der Waals surface area contributed by atoms with E-state index >= 15 is 0 Å². The lowest BCUT2D eigenvalue weighted by molar-refractivity contribution is -0.126. The summed E-state index contributed by atoms with van der Waals surface area (Å²) in [6, 6.07) is 8.22. The molecule has 0 spiro atoms. The van der Waals surface area contributed by atoms with Crippen LogP contribution in [0.2, 0.25) is 0 Å². The SMILES string of the molecule is CN(C)S(=O)(=O)c1ccc2nnn(OCC(=O)NCc3cccs3)c2c1. The van der Waals surface area contributed by atoms with Gasteiger partial charge in [-0.15, -0.1) is 16.4 Å². The quantitative estimate of drug-likeness (QED) is 0.624. The van der Waals surface area contributed by atoms with Gasteiger partial charge in [-0.05, 0) is 34.9 Å². The number of carbonyl (C=O) groups is 1. The van der Waals surface area contributed by atoms with Crippen molar-refractivity contribution in [3.8, 4) is 0 Å². The maximum absolute atomic E-state index is 12.2.